The van der Waals surface area contributed by atoms with Crippen LogP contribution < -0.4 is 0 Å². The summed E-state index contributed by atoms with van der Waals surface area (Å²) in [7, 11) is 0. The van der Waals surface area contributed by atoms with Gasteiger partial charge in [-0.2, -0.15) is 13.2 Å². The van der Waals surface area contributed by atoms with Crippen molar-refractivity contribution in [2.45, 2.75) is 20.0 Å². The Bertz CT molecular complexity index is 978. The molecule has 0 aliphatic heterocycles. The van der Waals surface area contributed by atoms with Crippen LogP contribution in [0.2, 0.25) is 0 Å². The molecule has 6 heteroatoms. The number of aromatic nitrogens is 1. The summed E-state index contributed by atoms with van der Waals surface area (Å²) < 4.78 is 37.5. The van der Waals surface area contributed by atoms with E-state index in [4.69, 9.17) is 11.6 Å². The maximum absolute atomic E-state index is 12.5. The van der Waals surface area contributed by atoms with Gasteiger partial charge in [0.2, 0.25) is 5.17 Å². The van der Waals surface area contributed by atoms with Gasteiger partial charge in [0.25, 0.3) is 0 Å². The molecule has 0 saturated carbocycles. The predicted octanol–water partition coefficient (Wildman–Crippen LogP) is 6.35. The number of hydrogen-bond donors (Lipinski definition) is 0. The Hall–Kier alpha value is -2.40. The SMILES string of the molecule is Cc1ccc2nc(-c3ccc(N=C(Cl)C(F)(F)F)c(C)c3)ccc2c1. The zero-order valence-corrected chi connectivity index (χ0v) is 14.3. The number of alkyl halides is 3. The van der Waals surface area contributed by atoms with Crippen molar-refractivity contribution < 1.29 is 13.2 Å². The van der Waals surface area contributed by atoms with Gasteiger partial charge in [0.15, 0.2) is 0 Å². The molecular weight excluding hydrogens is 349 g/mol. The molecule has 2 aromatic carbocycles. The third-order valence-electron chi connectivity index (χ3n) is 3.79. The number of aryl methyl sites for hydroxylation is 2. The Kier molecular flexibility index (Phi) is 4.52. The van der Waals surface area contributed by atoms with Gasteiger partial charge in [-0.3, -0.25) is 0 Å². The molecule has 0 N–H and O–H groups in total. The molecule has 0 radical (unpaired) electrons. The molecule has 0 spiro atoms. The van der Waals surface area contributed by atoms with Crippen LogP contribution in [0.25, 0.3) is 22.2 Å². The van der Waals surface area contributed by atoms with Gasteiger partial charge in [-0.1, -0.05) is 35.4 Å². The molecule has 0 atom stereocenters. The lowest BCUT2D eigenvalue weighted by atomic mass is 10.0. The first-order chi connectivity index (χ1) is 11.7. The molecule has 0 fully saturated rings. The predicted molar refractivity (Wildman–Crippen MR) is 95.7 cm³/mol. The average molecular weight is 363 g/mol. The zero-order valence-electron chi connectivity index (χ0n) is 13.5. The summed E-state index contributed by atoms with van der Waals surface area (Å²) in [6.07, 6.45) is -4.65. The Morgan fingerprint density at radius 3 is 2.44 bits per heavy atom. The molecule has 0 bridgehead atoms. The molecule has 1 heterocycles. The first-order valence-corrected chi connectivity index (χ1v) is 7.92. The van der Waals surface area contributed by atoms with Crippen LogP contribution in [0.5, 0.6) is 0 Å². The van der Waals surface area contributed by atoms with Gasteiger partial charge in [0.05, 0.1) is 16.9 Å². The van der Waals surface area contributed by atoms with Gasteiger partial charge < -0.3 is 0 Å². The number of halogens is 4. The molecule has 2 nitrogen and oxygen atoms in total. The summed E-state index contributed by atoms with van der Waals surface area (Å²) in [6, 6.07) is 14.8. The first kappa shape index (κ1) is 17.4. The maximum Gasteiger partial charge on any atom is 0.444 e. The summed E-state index contributed by atoms with van der Waals surface area (Å²) in [5, 5.41) is -0.346. The summed E-state index contributed by atoms with van der Waals surface area (Å²) in [4.78, 5) is 8.08. The van der Waals surface area contributed by atoms with Gasteiger partial charge in [-0.25, -0.2) is 9.98 Å². The number of fused-ring (bicyclic) bond motifs is 1. The summed E-state index contributed by atoms with van der Waals surface area (Å²) in [5.74, 6) is 0. The first-order valence-electron chi connectivity index (χ1n) is 7.54. The van der Waals surface area contributed by atoms with Crippen molar-refractivity contribution in [1.82, 2.24) is 4.98 Å². The largest absolute Gasteiger partial charge is 0.444 e. The number of aliphatic imine (C=N–C) groups is 1. The van der Waals surface area contributed by atoms with Crippen molar-refractivity contribution in [3.05, 3.63) is 59.7 Å². The van der Waals surface area contributed by atoms with Gasteiger partial charge in [-0.05, 0) is 49.7 Å². The van der Waals surface area contributed by atoms with E-state index in [1.54, 1.807) is 19.1 Å². The van der Waals surface area contributed by atoms with Crippen LogP contribution in [0, 0.1) is 13.8 Å². The molecule has 3 rings (SSSR count). The fourth-order valence-corrected chi connectivity index (χ4v) is 2.61. The summed E-state index contributed by atoms with van der Waals surface area (Å²) >= 11 is 5.21. The lowest BCUT2D eigenvalue weighted by Crippen LogP contribution is -2.16. The number of hydrogen-bond acceptors (Lipinski definition) is 2. The standard InChI is InChI=1S/C19H14ClF3N2/c1-11-3-6-16-13(9-11)5-8-17(24-16)14-4-7-15(12(2)10-14)25-18(20)19(21,22)23/h3-10H,1-2H3. The second-order valence-corrected chi connectivity index (χ2v) is 6.15. The fraction of sp³-hybridized carbons (Fsp3) is 0.158. The average Bonchev–Trinajstić information content (AvgIpc) is 2.55. The van der Waals surface area contributed by atoms with Crippen molar-refractivity contribution in [3.8, 4) is 11.3 Å². The van der Waals surface area contributed by atoms with Crippen LogP contribution in [0.1, 0.15) is 11.1 Å². The number of pyridine rings is 1. The van der Waals surface area contributed by atoms with E-state index >= 15 is 0 Å². The number of benzene rings is 2. The van der Waals surface area contributed by atoms with E-state index in [2.05, 4.69) is 9.98 Å². The van der Waals surface area contributed by atoms with Gasteiger partial charge >= 0.3 is 6.18 Å². The third-order valence-corrected chi connectivity index (χ3v) is 4.09. The third kappa shape index (κ3) is 3.82. The van der Waals surface area contributed by atoms with E-state index in [1.807, 2.05) is 37.3 Å². The van der Waals surface area contributed by atoms with Crippen LogP contribution in [-0.2, 0) is 0 Å². The smallest absolute Gasteiger partial charge is 0.248 e. The molecule has 0 saturated heterocycles. The van der Waals surface area contributed by atoms with Crippen LogP contribution in [0.4, 0.5) is 18.9 Å². The summed E-state index contributed by atoms with van der Waals surface area (Å²) in [5.41, 5.74) is 4.34. The molecule has 0 aliphatic rings. The van der Waals surface area contributed by atoms with E-state index in [1.165, 1.54) is 6.07 Å². The van der Waals surface area contributed by atoms with E-state index in [-0.39, 0.29) is 5.69 Å². The number of rotatable bonds is 2. The highest BCUT2D eigenvalue weighted by atomic mass is 35.5. The van der Waals surface area contributed by atoms with E-state index in [9.17, 15) is 13.2 Å². The second-order valence-electron chi connectivity index (χ2n) is 5.79. The lowest BCUT2D eigenvalue weighted by molar-refractivity contribution is -0.0558. The maximum atomic E-state index is 12.5. The molecule has 1 aromatic heterocycles. The quantitative estimate of drug-likeness (QED) is 0.487. The minimum absolute atomic E-state index is 0.183. The van der Waals surface area contributed by atoms with Crippen molar-refractivity contribution >= 4 is 33.4 Å². The van der Waals surface area contributed by atoms with Crippen molar-refractivity contribution in [2.75, 3.05) is 0 Å². The molecule has 25 heavy (non-hydrogen) atoms. The highest BCUT2D eigenvalue weighted by Crippen LogP contribution is 2.29. The molecule has 0 unspecified atom stereocenters. The molecule has 0 amide bonds. The molecule has 128 valence electrons. The Labute approximate surface area is 148 Å². The monoisotopic (exact) mass is 362 g/mol. The minimum atomic E-state index is -4.65. The van der Waals surface area contributed by atoms with Crippen molar-refractivity contribution in [2.24, 2.45) is 4.99 Å². The lowest BCUT2D eigenvalue weighted by Gasteiger charge is -2.08. The van der Waals surface area contributed by atoms with E-state index in [0.29, 0.717) is 5.56 Å². The highest BCUT2D eigenvalue weighted by Gasteiger charge is 2.34. The van der Waals surface area contributed by atoms with Gasteiger partial charge in [-0.15, -0.1) is 0 Å². The summed E-state index contributed by atoms with van der Waals surface area (Å²) in [6.45, 7) is 3.70. The van der Waals surface area contributed by atoms with E-state index in [0.717, 1.165) is 27.7 Å². The van der Waals surface area contributed by atoms with E-state index < -0.39 is 11.3 Å². The Morgan fingerprint density at radius 1 is 1.00 bits per heavy atom. The molecular formula is C19H14ClF3N2. The zero-order chi connectivity index (χ0) is 18.2. The van der Waals surface area contributed by atoms with Gasteiger partial charge in [0.1, 0.15) is 0 Å². The highest BCUT2D eigenvalue weighted by molar-refractivity contribution is 6.67. The Balaban J connectivity index is 1.99. The minimum Gasteiger partial charge on any atom is -0.248 e. The van der Waals surface area contributed by atoms with Crippen LogP contribution in [0.3, 0.4) is 0 Å². The Morgan fingerprint density at radius 2 is 1.76 bits per heavy atom. The van der Waals surface area contributed by atoms with Crippen LogP contribution >= 0.6 is 11.6 Å². The normalized spacial score (nSPS) is 12.6. The van der Waals surface area contributed by atoms with Crippen LogP contribution in [0.15, 0.2) is 53.5 Å². The molecule has 0 aliphatic carbocycles. The number of nitrogens with zero attached hydrogens (tertiary/aromatic N) is 2. The fourth-order valence-electron chi connectivity index (χ4n) is 2.52. The second kappa shape index (κ2) is 6.48. The molecule has 3 aromatic rings. The topological polar surface area (TPSA) is 25.2 Å². The van der Waals surface area contributed by atoms with Crippen molar-refractivity contribution in [3.63, 3.8) is 0 Å². The van der Waals surface area contributed by atoms with Crippen molar-refractivity contribution in [1.29, 1.82) is 0 Å². The van der Waals surface area contributed by atoms with Crippen LogP contribution in [-0.4, -0.2) is 16.3 Å². The van der Waals surface area contributed by atoms with Gasteiger partial charge in [0, 0.05) is 10.9 Å².